The van der Waals surface area contributed by atoms with E-state index in [0.717, 1.165) is 44.5 Å². The first kappa shape index (κ1) is 15.8. The van der Waals surface area contributed by atoms with Crippen LogP contribution in [0.2, 0.25) is 0 Å². The van der Waals surface area contributed by atoms with Crippen LogP contribution in [0.5, 0.6) is 0 Å². The molecule has 0 spiro atoms. The number of carbonyl (C=O) groups is 1. The van der Waals surface area contributed by atoms with Gasteiger partial charge in [-0.2, -0.15) is 0 Å². The van der Waals surface area contributed by atoms with Gasteiger partial charge in [-0.05, 0) is 43.7 Å². The highest BCUT2D eigenvalue weighted by Gasteiger charge is 2.25. The molecule has 1 aromatic rings. The Balaban J connectivity index is 1.93. The summed E-state index contributed by atoms with van der Waals surface area (Å²) in [7, 11) is 0. The second-order valence-corrected chi connectivity index (χ2v) is 5.90. The third kappa shape index (κ3) is 4.21. The molecule has 1 aliphatic heterocycles. The molecule has 4 nitrogen and oxygen atoms in total. The summed E-state index contributed by atoms with van der Waals surface area (Å²) in [6.45, 7) is 5.41. The number of piperidine rings is 1. The molecule has 0 aliphatic carbocycles. The van der Waals surface area contributed by atoms with Gasteiger partial charge in [-0.15, -0.1) is 0 Å². The van der Waals surface area contributed by atoms with E-state index >= 15 is 0 Å². The van der Waals surface area contributed by atoms with E-state index in [4.69, 9.17) is 0 Å². The molecule has 1 aromatic carbocycles. The quantitative estimate of drug-likeness (QED) is 0.894. The van der Waals surface area contributed by atoms with E-state index in [1.54, 1.807) is 0 Å². The van der Waals surface area contributed by atoms with Crippen molar-refractivity contribution in [3.63, 3.8) is 0 Å². The fourth-order valence-electron chi connectivity index (χ4n) is 2.91. The van der Waals surface area contributed by atoms with Crippen molar-refractivity contribution in [1.29, 1.82) is 0 Å². The normalized spacial score (nSPS) is 17.6. The molecule has 2 rings (SSSR count). The molecule has 1 aliphatic rings. The van der Waals surface area contributed by atoms with Crippen LogP contribution in [0.3, 0.4) is 0 Å². The average molecular weight is 290 g/mol. The highest BCUT2D eigenvalue weighted by Crippen LogP contribution is 2.22. The molecule has 0 radical (unpaired) electrons. The van der Waals surface area contributed by atoms with Gasteiger partial charge in [-0.25, -0.2) is 4.79 Å². The van der Waals surface area contributed by atoms with Crippen molar-refractivity contribution in [1.82, 2.24) is 4.90 Å². The number of aliphatic hydroxyl groups excluding tert-OH is 1. The average Bonchev–Trinajstić information content (AvgIpc) is 2.49. The maximum absolute atomic E-state index is 12.4. The van der Waals surface area contributed by atoms with Crippen LogP contribution < -0.4 is 5.32 Å². The van der Waals surface area contributed by atoms with E-state index in [2.05, 4.69) is 18.3 Å². The van der Waals surface area contributed by atoms with Crippen LogP contribution in [-0.4, -0.2) is 35.2 Å². The summed E-state index contributed by atoms with van der Waals surface area (Å²) in [5.74, 6) is 0.321. The van der Waals surface area contributed by atoms with E-state index in [1.165, 1.54) is 5.56 Å². The van der Waals surface area contributed by atoms with Gasteiger partial charge in [0.05, 0.1) is 6.10 Å². The number of nitrogens with zero attached hydrogens (tertiary/aromatic N) is 1. The third-order valence-electron chi connectivity index (χ3n) is 4.29. The summed E-state index contributed by atoms with van der Waals surface area (Å²) in [4.78, 5) is 14.2. The van der Waals surface area contributed by atoms with Crippen LogP contribution in [0.1, 0.15) is 38.7 Å². The number of aryl methyl sites for hydroxylation is 1. The monoisotopic (exact) mass is 290 g/mol. The van der Waals surface area contributed by atoms with Crippen molar-refractivity contribution in [3.8, 4) is 0 Å². The molecule has 1 fully saturated rings. The Morgan fingerprint density at radius 2 is 2.05 bits per heavy atom. The predicted octanol–water partition coefficient (Wildman–Crippen LogP) is 3.26. The van der Waals surface area contributed by atoms with E-state index in [9.17, 15) is 9.90 Å². The molecule has 1 heterocycles. The van der Waals surface area contributed by atoms with Crippen molar-refractivity contribution in [3.05, 3.63) is 29.8 Å². The molecule has 116 valence electrons. The summed E-state index contributed by atoms with van der Waals surface area (Å²) < 4.78 is 0. The molecule has 0 bridgehead atoms. The maximum atomic E-state index is 12.4. The van der Waals surface area contributed by atoms with E-state index in [0.29, 0.717) is 5.92 Å². The molecule has 1 atom stereocenters. The number of carbonyl (C=O) groups excluding carboxylic acids is 1. The summed E-state index contributed by atoms with van der Waals surface area (Å²) in [5, 5.41) is 12.6. The first-order valence-corrected chi connectivity index (χ1v) is 7.93. The van der Waals surface area contributed by atoms with Gasteiger partial charge in [-0.3, -0.25) is 0 Å². The lowest BCUT2D eigenvalue weighted by molar-refractivity contribution is 0.0820. The Morgan fingerprint density at radius 3 is 2.67 bits per heavy atom. The first-order valence-electron chi connectivity index (χ1n) is 7.93. The molecule has 0 aromatic heterocycles. The molecule has 21 heavy (non-hydrogen) atoms. The molecule has 0 saturated carbocycles. The van der Waals surface area contributed by atoms with Gasteiger partial charge in [0.15, 0.2) is 0 Å². The van der Waals surface area contributed by atoms with Crippen molar-refractivity contribution in [2.45, 2.75) is 45.6 Å². The Hall–Kier alpha value is -1.55. The number of anilines is 1. The third-order valence-corrected chi connectivity index (χ3v) is 4.29. The van der Waals surface area contributed by atoms with E-state index in [-0.39, 0.29) is 12.1 Å². The van der Waals surface area contributed by atoms with Crippen LogP contribution in [0, 0.1) is 5.92 Å². The topological polar surface area (TPSA) is 52.6 Å². The van der Waals surface area contributed by atoms with E-state index < -0.39 is 0 Å². The Bertz CT molecular complexity index is 466. The highest BCUT2D eigenvalue weighted by atomic mass is 16.3. The number of hydrogen-bond acceptors (Lipinski definition) is 2. The number of urea groups is 1. The van der Waals surface area contributed by atoms with Gasteiger partial charge < -0.3 is 15.3 Å². The zero-order valence-corrected chi connectivity index (χ0v) is 13.0. The molecule has 2 amide bonds. The summed E-state index contributed by atoms with van der Waals surface area (Å²) in [6.07, 6.45) is 3.51. The second-order valence-electron chi connectivity index (χ2n) is 5.90. The van der Waals surface area contributed by atoms with Crippen LogP contribution >= 0.6 is 0 Å². The van der Waals surface area contributed by atoms with E-state index in [1.807, 2.05) is 30.0 Å². The number of aliphatic hydroxyl groups is 1. The minimum atomic E-state index is -0.277. The van der Waals surface area contributed by atoms with Gasteiger partial charge in [-0.1, -0.05) is 31.5 Å². The van der Waals surface area contributed by atoms with Gasteiger partial charge in [0.2, 0.25) is 0 Å². The number of hydrogen-bond donors (Lipinski definition) is 2. The van der Waals surface area contributed by atoms with Crippen molar-refractivity contribution < 1.29 is 9.90 Å². The molecular formula is C17H26N2O2. The molecule has 4 heteroatoms. The van der Waals surface area contributed by atoms with Gasteiger partial charge in [0.1, 0.15) is 0 Å². The highest BCUT2D eigenvalue weighted by molar-refractivity contribution is 5.90. The molecular weight excluding hydrogens is 264 g/mol. The Morgan fingerprint density at radius 1 is 1.38 bits per heavy atom. The zero-order chi connectivity index (χ0) is 15.2. The molecule has 1 unspecified atom stereocenters. The van der Waals surface area contributed by atoms with Crippen LogP contribution in [0.15, 0.2) is 24.3 Å². The van der Waals surface area contributed by atoms with Gasteiger partial charge in [0, 0.05) is 18.8 Å². The van der Waals surface area contributed by atoms with Gasteiger partial charge >= 0.3 is 6.03 Å². The maximum Gasteiger partial charge on any atom is 0.321 e. The van der Waals surface area contributed by atoms with Crippen molar-refractivity contribution in [2.24, 2.45) is 5.92 Å². The summed E-state index contributed by atoms with van der Waals surface area (Å²) in [5.41, 5.74) is 2.11. The SMILES string of the molecule is CCCc1ccccc1NC(=O)N1CCC(C(C)O)CC1. The lowest BCUT2D eigenvalue weighted by Gasteiger charge is -2.33. The minimum Gasteiger partial charge on any atom is -0.393 e. The number of benzene rings is 1. The second kappa shape index (κ2) is 7.46. The van der Waals surface area contributed by atoms with Crippen molar-refractivity contribution in [2.75, 3.05) is 18.4 Å². The van der Waals surface area contributed by atoms with Crippen LogP contribution in [-0.2, 0) is 6.42 Å². The largest absolute Gasteiger partial charge is 0.393 e. The minimum absolute atomic E-state index is 0.0254. The fourth-order valence-corrected chi connectivity index (χ4v) is 2.91. The zero-order valence-electron chi connectivity index (χ0n) is 13.0. The van der Waals surface area contributed by atoms with Gasteiger partial charge in [0.25, 0.3) is 0 Å². The number of likely N-dealkylation sites (tertiary alicyclic amines) is 1. The standard InChI is InChI=1S/C17H26N2O2/c1-3-6-15-7-4-5-8-16(15)18-17(21)19-11-9-14(10-12-19)13(2)20/h4-5,7-8,13-14,20H,3,6,9-12H2,1-2H3,(H,18,21). The predicted molar refractivity (Wildman–Crippen MR) is 85.4 cm³/mol. The number of amides is 2. The Labute approximate surface area is 127 Å². The number of rotatable bonds is 4. The first-order chi connectivity index (χ1) is 10.1. The summed E-state index contributed by atoms with van der Waals surface area (Å²) in [6, 6.07) is 7.97. The molecule has 2 N–H and O–H groups in total. The fraction of sp³-hybridized carbons (Fsp3) is 0.588. The number of para-hydroxylation sites is 1. The smallest absolute Gasteiger partial charge is 0.321 e. The van der Waals surface area contributed by atoms with Crippen LogP contribution in [0.4, 0.5) is 10.5 Å². The van der Waals surface area contributed by atoms with Crippen LogP contribution in [0.25, 0.3) is 0 Å². The Kier molecular flexibility index (Phi) is 5.62. The lowest BCUT2D eigenvalue weighted by Crippen LogP contribution is -2.42. The number of nitrogens with one attached hydrogen (secondary N) is 1. The summed E-state index contributed by atoms with van der Waals surface area (Å²) >= 11 is 0. The van der Waals surface area contributed by atoms with Crippen molar-refractivity contribution >= 4 is 11.7 Å². The lowest BCUT2D eigenvalue weighted by atomic mass is 9.92. The molecule has 1 saturated heterocycles.